The normalized spacial score (nSPS) is 17.3. The van der Waals surface area contributed by atoms with Gasteiger partial charge in [0.1, 0.15) is 11.4 Å². The fourth-order valence-electron chi connectivity index (χ4n) is 2.46. The molecule has 4 nitrogen and oxygen atoms in total. The highest BCUT2D eigenvalue weighted by Crippen LogP contribution is 2.36. The predicted octanol–water partition coefficient (Wildman–Crippen LogP) is 5.25. The number of halogens is 1. The highest BCUT2D eigenvalue weighted by Gasteiger charge is 2.32. The lowest BCUT2D eigenvalue weighted by Crippen LogP contribution is -2.29. The lowest BCUT2D eigenvalue weighted by Gasteiger charge is -2.12. The summed E-state index contributed by atoms with van der Waals surface area (Å²) in [6.07, 6.45) is 3.50. The van der Waals surface area contributed by atoms with Gasteiger partial charge in [0.15, 0.2) is 5.17 Å². The standard InChI is InChI=1S/C20H17BrN2O2S/c1-3-9-23-19(25)18(12-14-5-4-6-15(21)11-14)26-20(23)22-16-8-7-13(2)10-17(16)24/h3-8,10-12,24H,1,9H2,2H3/b18-12-,22-20?. The first-order valence-electron chi connectivity index (χ1n) is 7.94. The van der Waals surface area contributed by atoms with Crippen molar-refractivity contribution >= 4 is 50.5 Å². The molecule has 0 spiro atoms. The van der Waals surface area contributed by atoms with Gasteiger partial charge in [0.2, 0.25) is 0 Å². The smallest absolute Gasteiger partial charge is 0.267 e. The van der Waals surface area contributed by atoms with Crippen LogP contribution >= 0.6 is 27.7 Å². The van der Waals surface area contributed by atoms with E-state index in [0.29, 0.717) is 22.3 Å². The molecule has 0 aliphatic carbocycles. The second-order valence-corrected chi connectivity index (χ2v) is 7.68. The number of carbonyl (C=O) groups is 1. The minimum absolute atomic E-state index is 0.0912. The van der Waals surface area contributed by atoms with E-state index < -0.39 is 0 Å². The molecule has 0 saturated carbocycles. The maximum Gasteiger partial charge on any atom is 0.267 e. The Morgan fingerprint density at radius 2 is 2.12 bits per heavy atom. The summed E-state index contributed by atoms with van der Waals surface area (Å²) >= 11 is 4.73. The average Bonchev–Trinajstić information content (AvgIpc) is 2.87. The zero-order chi connectivity index (χ0) is 18.7. The predicted molar refractivity (Wildman–Crippen MR) is 112 cm³/mol. The van der Waals surface area contributed by atoms with Crippen LogP contribution in [0, 0.1) is 6.92 Å². The van der Waals surface area contributed by atoms with E-state index in [-0.39, 0.29) is 11.7 Å². The van der Waals surface area contributed by atoms with Crippen molar-refractivity contribution in [3.8, 4) is 5.75 Å². The van der Waals surface area contributed by atoms with Gasteiger partial charge in [-0.1, -0.05) is 40.2 Å². The number of aromatic hydroxyl groups is 1. The van der Waals surface area contributed by atoms with Crippen molar-refractivity contribution in [3.63, 3.8) is 0 Å². The van der Waals surface area contributed by atoms with Crippen LogP contribution in [0.4, 0.5) is 5.69 Å². The number of amides is 1. The van der Waals surface area contributed by atoms with Gasteiger partial charge in [-0.2, -0.15) is 0 Å². The molecule has 1 fully saturated rings. The Morgan fingerprint density at radius 1 is 1.31 bits per heavy atom. The van der Waals surface area contributed by atoms with E-state index in [1.54, 1.807) is 23.1 Å². The van der Waals surface area contributed by atoms with Crippen LogP contribution in [0.2, 0.25) is 0 Å². The SMILES string of the molecule is C=CCN1C(=O)/C(=C/c2cccc(Br)c2)SC1=Nc1ccc(C)cc1O. The maximum atomic E-state index is 12.8. The van der Waals surface area contributed by atoms with Crippen LogP contribution in [0.3, 0.4) is 0 Å². The van der Waals surface area contributed by atoms with E-state index in [1.165, 1.54) is 11.8 Å². The van der Waals surface area contributed by atoms with Gasteiger partial charge in [0.25, 0.3) is 5.91 Å². The summed E-state index contributed by atoms with van der Waals surface area (Å²) in [5, 5.41) is 10.6. The first-order chi connectivity index (χ1) is 12.5. The summed E-state index contributed by atoms with van der Waals surface area (Å²) < 4.78 is 0.948. The molecule has 0 radical (unpaired) electrons. The van der Waals surface area contributed by atoms with E-state index in [9.17, 15) is 9.90 Å². The van der Waals surface area contributed by atoms with Gasteiger partial charge >= 0.3 is 0 Å². The van der Waals surface area contributed by atoms with Crippen LogP contribution in [0.25, 0.3) is 6.08 Å². The zero-order valence-electron chi connectivity index (χ0n) is 14.1. The van der Waals surface area contributed by atoms with Crippen molar-refractivity contribution < 1.29 is 9.90 Å². The summed E-state index contributed by atoms with van der Waals surface area (Å²) in [6, 6.07) is 13.0. The molecule has 1 N–H and O–H groups in total. The number of phenolic OH excluding ortho intramolecular Hbond substituents is 1. The Bertz CT molecular complexity index is 937. The Morgan fingerprint density at radius 3 is 2.81 bits per heavy atom. The fraction of sp³-hybridized carbons (Fsp3) is 0.100. The number of benzene rings is 2. The summed E-state index contributed by atoms with van der Waals surface area (Å²) in [6.45, 7) is 5.97. The van der Waals surface area contributed by atoms with Crippen molar-refractivity contribution in [3.05, 3.63) is 75.6 Å². The van der Waals surface area contributed by atoms with Crippen molar-refractivity contribution in [2.75, 3.05) is 6.54 Å². The first-order valence-corrected chi connectivity index (χ1v) is 9.55. The minimum Gasteiger partial charge on any atom is -0.506 e. The molecular weight excluding hydrogens is 412 g/mol. The van der Waals surface area contributed by atoms with Gasteiger partial charge in [-0.05, 0) is 60.2 Å². The van der Waals surface area contributed by atoms with Gasteiger partial charge in [-0.3, -0.25) is 9.69 Å². The number of hydrogen-bond acceptors (Lipinski definition) is 4. The molecule has 0 bridgehead atoms. The maximum absolute atomic E-state index is 12.8. The van der Waals surface area contributed by atoms with E-state index in [0.717, 1.165) is 15.6 Å². The van der Waals surface area contributed by atoms with Crippen molar-refractivity contribution in [2.24, 2.45) is 4.99 Å². The second-order valence-electron chi connectivity index (χ2n) is 5.76. The molecule has 1 aliphatic rings. The molecule has 2 aromatic rings. The van der Waals surface area contributed by atoms with Crippen LogP contribution in [0.15, 0.2) is 69.5 Å². The third kappa shape index (κ3) is 4.08. The summed E-state index contributed by atoms with van der Waals surface area (Å²) in [5.74, 6) is -0.0336. The molecule has 1 heterocycles. The van der Waals surface area contributed by atoms with E-state index in [1.807, 2.05) is 43.3 Å². The Labute approximate surface area is 165 Å². The van der Waals surface area contributed by atoms with E-state index >= 15 is 0 Å². The monoisotopic (exact) mass is 428 g/mol. The number of nitrogens with zero attached hydrogens (tertiary/aromatic N) is 2. The average molecular weight is 429 g/mol. The zero-order valence-corrected chi connectivity index (χ0v) is 16.5. The minimum atomic E-state index is -0.125. The molecule has 26 heavy (non-hydrogen) atoms. The molecule has 3 rings (SSSR count). The molecule has 2 aromatic carbocycles. The molecule has 1 saturated heterocycles. The van der Waals surface area contributed by atoms with Gasteiger partial charge in [0.05, 0.1) is 4.91 Å². The number of rotatable bonds is 4. The fourth-order valence-corrected chi connectivity index (χ4v) is 3.88. The van der Waals surface area contributed by atoms with Crippen LogP contribution < -0.4 is 0 Å². The van der Waals surface area contributed by atoms with Crippen LogP contribution in [0.1, 0.15) is 11.1 Å². The third-order valence-corrected chi connectivity index (χ3v) is 5.19. The Hall–Kier alpha value is -2.31. The third-order valence-electron chi connectivity index (χ3n) is 3.69. The Kier molecular flexibility index (Phi) is 5.64. The number of aryl methyl sites for hydroxylation is 1. The molecule has 0 unspecified atom stereocenters. The van der Waals surface area contributed by atoms with Crippen LogP contribution in [0.5, 0.6) is 5.75 Å². The lowest BCUT2D eigenvalue weighted by molar-refractivity contribution is -0.121. The van der Waals surface area contributed by atoms with Crippen molar-refractivity contribution in [1.82, 2.24) is 4.90 Å². The molecule has 132 valence electrons. The molecule has 6 heteroatoms. The molecule has 0 atom stereocenters. The molecule has 1 amide bonds. The highest BCUT2D eigenvalue weighted by molar-refractivity contribution is 9.10. The van der Waals surface area contributed by atoms with Gasteiger partial charge < -0.3 is 5.11 Å². The molecule has 1 aliphatic heterocycles. The van der Waals surface area contributed by atoms with Crippen molar-refractivity contribution in [1.29, 1.82) is 0 Å². The number of carbonyl (C=O) groups excluding carboxylic acids is 1. The van der Waals surface area contributed by atoms with E-state index in [2.05, 4.69) is 27.5 Å². The Balaban J connectivity index is 1.98. The molecular formula is C20H17BrN2O2S. The van der Waals surface area contributed by atoms with Crippen molar-refractivity contribution in [2.45, 2.75) is 6.92 Å². The largest absolute Gasteiger partial charge is 0.506 e. The quantitative estimate of drug-likeness (QED) is 0.533. The number of phenols is 1. The number of thioether (sulfide) groups is 1. The first kappa shape index (κ1) is 18.5. The summed E-state index contributed by atoms with van der Waals surface area (Å²) in [4.78, 5) is 19.4. The van der Waals surface area contributed by atoms with Gasteiger partial charge in [-0.25, -0.2) is 4.99 Å². The number of amidine groups is 1. The topological polar surface area (TPSA) is 52.9 Å². The summed E-state index contributed by atoms with van der Waals surface area (Å²) in [5.41, 5.74) is 2.30. The number of hydrogen-bond donors (Lipinski definition) is 1. The second kappa shape index (κ2) is 7.93. The highest BCUT2D eigenvalue weighted by atomic mass is 79.9. The lowest BCUT2D eigenvalue weighted by atomic mass is 10.2. The van der Waals surface area contributed by atoms with E-state index in [4.69, 9.17) is 0 Å². The number of aliphatic imine (C=N–C) groups is 1. The molecule has 0 aromatic heterocycles. The summed E-state index contributed by atoms with van der Waals surface area (Å²) in [7, 11) is 0. The van der Waals surface area contributed by atoms with Crippen LogP contribution in [-0.4, -0.2) is 27.6 Å². The van der Waals surface area contributed by atoms with Gasteiger partial charge in [0, 0.05) is 11.0 Å². The van der Waals surface area contributed by atoms with Gasteiger partial charge in [-0.15, -0.1) is 6.58 Å². The van der Waals surface area contributed by atoms with Crippen LogP contribution in [-0.2, 0) is 4.79 Å².